The Labute approximate surface area is 131 Å². The first kappa shape index (κ1) is 15.9. The molecule has 2 amide bonds. The van der Waals surface area contributed by atoms with E-state index in [0.29, 0.717) is 13.0 Å². The minimum absolute atomic E-state index is 0.0133. The van der Waals surface area contributed by atoms with Crippen LogP contribution in [0.5, 0.6) is 0 Å². The maximum atomic E-state index is 12.6. The summed E-state index contributed by atoms with van der Waals surface area (Å²) in [5.41, 5.74) is 6.46. The van der Waals surface area contributed by atoms with E-state index >= 15 is 0 Å². The molecule has 0 spiro atoms. The first-order valence-corrected chi connectivity index (χ1v) is 7.82. The van der Waals surface area contributed by atoms with Gasteiger partial charge in [0.2, 0.25) is 11.8 Å². The summed E-state index contributed by atoms with van der Waals surface area (Å²) >= 11 is 4.46. The molecule has 1 aromatic rings. The van der Waals surface area contributed by atoms with Gasteiger partial charge in [0.1, 0.15) is 0 Å². The highest BCUT2D eigenvalue weighted by molar-refractivity contribution is 7.81. The molecule has 1 aromatic carbocycles. The largest absolute Gasteiger partial charge is 0.369 e. The van der Waals surface area contributed by atoms with Crippen molar-refractivity contribution in [3.8, 4) is 0 Å². The average Bonchev–Trinajstić information content (AvgIpc) is 2.47. The summed E-state index contributed by atoms with van der Waals surface area (Å²) < 4.78 is 0. The minimum Gasteiger partial charge on any atom is -0.369 e. The lowest BCUT2D eigenvalue weighted by molar-refractivity contribution is -0.137. The maximum absolute atomic E-state index is 12.6. The molecule has 5 heteroatoms. The van der Waals surface area contributed by atoms with Crippen LogP contribution in [0.4, 0.5) is 0 Å². The predicted octanol–water partition coefficient (Wildman–Crippen LogP) is 1.64. The molecule has 3 unspecified atom stereocenters. The van der Waals surface area contributed by atoms with Crippen LogP contribution in [0.3, 0.4) is 0 Å². The molecule has 1 saturated heterocycles. The monoisotopic (exact) mass is 306 g/mol. The molecule has 1 aliphatic rings. The number of thiol groups is 1. The number of hydrogen-bond acceptors (Lipinski definition) is 3. The van der Waals surface area contributed by atoms with Crippen molar-refractivity contribution in [1.29, 1.82) is 0 Å². The van der Waals surface area contributed by atoms with Gasteiger partial charge in [-0.05, 0) is 31.7 Å². The zero-order valence-corrected chi connectivity index (χ0v) is 13.1. The van der Waals surface area contributed by atoms with Crippen LogP contribution >= 0.6 is 12.6 Å². The van der Waals surface area contributed by atoms with Gasteiger partial charge in [-0.3, -0.25) is 9.59 Å². The van der Waals surface area contributed by atoms with E-state index in [1.54, 1.807) is 4.90 Å². The van der Waals surface area contributed by atoms with E-state index in [0.717, 1.165) is 18.4 Å². The Kier molecular flexibility index (Phi) is 5.28. The summed E-state index contributed by atoms with van der Waals surface area (Å²) in [6, 6.07) is 9.96. The fraction of sp³-hybridized carbons (Fsp3) is 0.500. The van der Waals surface area contributed by atoms with E-state index in [2.05, 4.69) is 12.6 Å². The highest BCUT2D eigenvalue weighted by Gasteiger charge is 2.33. The van der Waals surface area contributed by atoms with Crippen LogP contribution in [0.2, 0.25) is 0 Å². The summed E-state index contributed by atoms with van der Waals surface area (Å²) in [5.74, 6) is -0.568. The van der Waals surface area contributed by atoms with Crippen LogP contribution in [0, 0.1) is 5.92 Å². The molecule has 1 aliphatic heterocycles. The van der Waals surface area contributed by atoms with Crippen LogP contribution in [-0.4, -0.2) is 34.6 Å². The van der Waals surface area contributed by atoms with Crippen molar-refractivity contribution in [2.75, 3.05) is 6.54 Å². The van der Waals surface area contributed by atoms with Crippen molar-refractivity contribution >= 4 is 24.4 Å². The first-order chi connectivity index (χ1) is 9.99. The van der Waals surface area contributed by atoms with Gasteiger partial charge in [0.25, 0.3) is 0 Å². The van der Waals surface area contributed by atoms with Crippen molar-refractivity contribution in [3.05, 3.63) is 35.9 Å². The van der Waals surface area contributed by atoms with E-state index in [1.807, 2.05) is 37.3 Å². The smallest absolute Gasteiger partial charge is 0.236 e. The molecular weight excluding hydrogens is 284 g/mol. The molecular formula is C16H22N2O2S. The molecule has 114 valence electrons. The van der Waals surface area contributed by atoms with Gasteiger partial charge in [-0.2, -0.15) is 12.6 Å². The van der Waals surface area contributed by atoms with E-state index in [4.69, 9.17) is 5.73 Å². The molecule has 1 heterocycles. The van der Waals surface area contributed by atoms with Crippen LogP contribution in [0.1, 0.15) is 25.3 Å². The molecule has 0 aromatic heterocycles. The fourth-order valence-electron chi connectivity index (χ4n) is 2.76. The predicted molar refractivity (Wildman–Crippen MR) is 86.0 cm³/mol. The highest BCUT2D eigenvalue weighted by atomic mass is 32.1. The zero-order valence-electron chi connectivity index (χ0n) is 12.2. The van der Waals surface area contributed by atoms with E-state index < -0.39 is 0 Å². The van der Waals surface area contributed by atoms with E-state index in [-0.39, 0.29) is 29.0 Å². The summed E-state index contributed by atoms with van der Waals surface area (Å²) in [4.78, 5) is 25.7. The van der Waals surface area contributed by atoms with Gasteiger partial charge in [-0.25, -0.2) is 0 Å². The van der Waals surface area contributed by atoms with Gasteiger partial charge in [-0.1, -0.05) is 30.3 Å². The Morgan fingerprint density at radius 1 is 1.33 bits per heavy atom. The number of piperidine rings is 1. The van der Waals surface area contributed by atoms with Gasteiger partial charge in [0, 0.05) is 12.6 Å². The number of rotatable bonds is 4. The van der Waals surface area contributed by atoms with Crippen LogP contribution in [0.25, 0.3) is 0 Å². The van der Waals surface area contributed by atoms with Gasteiger partial charge in [0.05, 0.1) is 11.2 Å². The quantitative estimate of drug-likeness (QED) is 0.831. The fourth-order valence-corrected chi connectivity index (χ4v) is 3.12. The van der Waals surface area contributed by atoms with Gasteiger partial charge < -0.3 is 10.6 Å². The lowest BCUT2D eigenvalue weighted by Gasteiger charge is -2.38. The SMILES string of the molecule is CC1CCC(C(N)=O)CN1C(=O)C(S)Cc1ccccc1. The Hall–Kier alpha value is -1.49. The molecule has 0 aliphatic carbocycles. The number of carbonyl (C=O) groups is 2. The molecule has 4 nitrogen and oxygen atoms in total. The molecule has 0 bridgehead atoms. The second-order valence-electron chi connectivity index (χ2n) is 5.72. The second kappa shape index (κ2) is 6.98. The van der Waals surface area contributed by atoms with Gasteiger partial charge in [-0.15, -0.1) is 0 Å². The number of likely N-dealkylation sites (tertiary alicyclic amines) is 1. The van der Waals surface area contributed by atoms with Gasteiger partial charge in [0.15, 0.2) is 0 Å². The highest BCUT2D eigenvalue weighted by Crippen LogP contribution is 2.24. The summed E-state index contributed by atoms with van der Waals surface area (Å²) in [6.45, 7) is 2.43. The Balaban J connectivity index is 2.01. The molecule has 2 rings (SSSR count). The van der Waals surface area contributed by atoms with E-state index in [9.17, 15) is 9.59 Å². The van der Waals surface area contributed by atoms with Crippen molar-refractivity contribution in [3.63, 3.8) is 0 Å². The zero-order chi connectivity index (χ0) is 15.4. The van der Waals surface area contributed by atoms with Crippen molar-refractivity contribution in [1.82, 2.24) is 4.90 Å². The first-order valence-electron chi connectivity index (χ1n) is 7.31. The lowest BCUT2D eigenvalue weighted by atomic mass is 9.92. The molecule has 21 heavy (non-hydrogen) atoms. The summed E-state index contributed by atoms with van der Waals surface area (Å²) in [7, 11) is 0. The molecule has 0 radical (unpaired) electrons. The third-order valence-corrected chi connectivity index (χ3v) is 4.53. The number of nitrogens with two attached hydrogens (primary N) is 1. The molecule has 2 N–H and O–H groups in total. The standard InChI is InChI=1S/C16H22N2O2S/c1-11-7-8-13(15(17)19)10-18(11)16(20)14(21)9-12-5-3-2-4-6-12/h2-6,11,13-14,21H,7-10H2,1H3,(H2,17,19). The number of amides is 2. The third kappa shape index (κ3) is 4.00. The maximum Gasteiger partial charge on any atom is 0.236 e. The van der Waals surface area contributed by atoms with Crippen LogP contribution < -0.4 is 5.73 Å². The van der Waals surface area contributed by atoms with Crippen molar-refractivity contribution < 1.29 is 9.59 Å². The summed E-state index contributed by atoms with van der Waals surface area (Å²) in [5, 5.41) is -0.388. The lowest BCUT2D eigenvalue weighted by Crippen LogP contribution is -2.51. The van der Waals surface area contributed by atoms with Gasteiger partial charge >= 0.3 is 0 Å². The number of benzene rings is 1. The Morgan fingerprint density at radius 2 is 2.00 bits per heavy atom. The average molecular weight is 306 g/mol. The molecule has 0 saturated carbocycles. The summed E-state index contributed by atoms with van der Waals surface area (Å²) in [6.07, 6.45) is 2.16. The Bertz CT molecular complexity index is 506. The number of primary amides is 1. The number of nitrogens with zero attached hydrogens (tertiary/aromatic N) is 1. The third-order valence-electron chi connectivity index (χ3n) is 4.12. The van der Waals surface area contributed by atoms with Crippen molar-refractivity contribution in [2.45, 2.75) is 37.5 Å². The van der Waals surface area contributed by atoms with Crippen molar-refractivity contribution in [2.24, 2.45) is 11.7 Å². The normalized spacial score (nSPS) is 23.6. The minimum atomic E-state index is -0.388. The number of hydrogen-bond donors (Lipinski definition) is 2. The van der Waals surface area contributed by atoms with E-state index in [1.165, 1.54) is 0 Å². The topological polar surface area (TPSA) is 63.4 Å². The Morgan fingerprint density at radius 3 is 2.62 bits per heavy atom. The molecule has 3 atom stereocenters. The molecule has 1 fully saturated rings. The number of carbonyl (C=O) groups excluding carboxylic acids is 2. The van der Waals surface area contributed by atoms with Crippen LogP contribution in [-0.2, 0) is 16.0 Å². The van der Waals surface area contributed by atoms with Crippen LogP contribution in [0.15, 0.2) is 30.3 Å². The second-order valence-corrected chi connectivity index (χ2v) is 6.35.